The zero-order valence-corrected chi connectivity index (χ0v) is 11.1. The van der Waals surface area contributed by atoms with Gasteiger partial charge in [0.25, 0.3) is 0 Å². The Morgan fingerprint density at radius 2 is 1.84 bits per heavy atom. The first-order chi connectivity index (χ1) is 9.38. The van der Waals surface area contributed by atoms with Gasteiger partial charge in [0.1, 0.15) is 0 Å². The molecule has 0 amide bonds. The fourth-order valence-electron chi connectivity index (χ4n) is 2.46. The molecule has 2 heteroatoms. The first-order valence-electron chi connectivity index (χ1n) is 6.68. The van der Waals surface area contributed by atoms with Crippen LogP contribution in [0.2, 0.25) is 0 Å². The second-order valence-electron chi connectivity index (χ2n) is 4.79. The SMILES string of the molecule is CNCCc1c[nH]c2ccc(-c3ccccc3)cc12. The maximum absolute atomic E-state index is 3.35. The highest BCUT2D eigenvalue weighted by atomic mass is 14.8. The molecule has 0 saturated carbocycles. The van der Waals surface area contributed by atoms with E-state index in [9.17, 15) is 0 Å². The Morgan fingerprint density at radius 1 is 1.00 bits per heavy atom. The zero-order valence-electron chi connectivity index (χ0n) is 11.1. The van der Waals surface area contributed by atoms with Gasteiger partial charge in [0.2, 0.25) is 0 Å². The molecule has 3 aromatic rings. The summed E-state index contributed by atoms with van der Waals surface area (Å²) in [4.78, 5) is 3.35. The second kappa shape index (κ2) is 5.29. The molecule has 0 atom stereocenters. The summed E-state index contributed by atoms with van der Waals surface area (Å²) < 4.78 is 0. The van der Waals surface area contributed by atoms with Gasteiger partial charge in [0.15, 0.2) is 0 Å². The molecule has 3 rings (SSSR count). The van der Waals surface area contributed by atoms with E-state index >= 15 is 0 Å². The van der Waals surface area contributed by atoms with Crippen molar-refractivity contribution in [3.8, 4) is 11.1 Å². The quantitative estimate of drug-likeness (QED) is 0.727. The molecule has 0 spiro atoms. The summed E-state index contributed by atoms with van der Waals surface area (Å²) in [5.41, 5.74) is 5.14. The topological polar surface area (TPSA) is 27.8 Å². The third kappa shape index (κ3) is 2.40. The van der Waals surface area contributed by atoms with Crippen LogP contribution in [0.3, 0.4) is 0 Å². The molecule has 0 saturated heterocycles. The number of hydrogen-bond acceptors (Lipinski definition) is 1. The van der Waals surface area contributed by atoms with Crippen molar-refractivity contribution in [1.82, 2.24) is 10.3 Å². The average Bonchev–Trinajstić information content (AvgIpc) is 2.88. The summed E-state index contributed by atoms with van der Waals surface area (Å²) in [6, 6.07) is 17.2. The Hall–Kier alpha value is -2.06. The molecular formula is C17H18N2. The minimum absolute atomic E-state index is 1.00. The second-order valence-corrected chi connectivity index (χ2v) is 4.79. The van der Waals surface area contributed by atoms with Crippen molar-refractivity contribution in [1.29, 1.82) is 0 Å². The van der Waals surface area contributed by atoms with Gasteiger partial charge in [-0.15, -0.1) is 0 Å². The van der Waals surface area contributed by atoms with Crippen molar-refractivity contribution < 1.29 is 0 Å². The Morgan fingerprint density at radius 3 is 2.63 bits per heavy atom. The van der Waals surface area contributed by atoms with E-state index in [1.165, 1.54) is 27.6 Å². The number of likely N-dealkylation sites (N-methyl/N-ethyl adjacent to an activating group) is 1. The Balaban J connectivity index is 2.04. The minimum atomic E-state index is 1.00. The van der Waals surface area contributed by atoms with Crippen LogP contribution in [-0.2, 0) is 6.42 Å². The lowest BCUT2D eigenvalue weighted by atomic mass is 10.0. The molecule has 0 unspecified atom stereocenters. The van der Waals surface area contributed by atoms with Crippen molar-refractivity contribution in [2.24, 2.45) is 0 Å². The predicted molar refractivity (Wildman–Crippen MR) is 81.4 cm³/mol. The van der Waals surface area contributed by atoms with E-state index in [-0.39, 0.29) is 0 Å². The maximum Gasteiger partial charge on any atom is 0.0457 e. The van der Waals surface area contributed by atoms with E-state index in [0.717, 1.165) is 13.0 Å². The monoisotopic (exact) mass is 250 g/mol. The highest BCUT2D eigenvalue weighted by molar-refractivity contribution is 5.88. The molecule has 0 aliphatic carbocycles. The first kappa shape index (κ1) is 12.0. The van der Waals surface area contributed by atoms with Crippen LogP contribution in [0.5, 0.6) is 0 Å². The van der Waals surface area contributed by atoms with Crippen LogP contribution >= 0.6 is 0 Å². The summed E-state index contributed by atoms with van der Waals surface area (Å²) in [5, 5.41) is 4.53. The predicted octanol–water partition coefficient (Wildman–Crippen LogP) is 3.60. The Kier molecular flexibility index (Phi) is 3.34. The number of benzene rings is 2. The largest absolute Gasteiger partial charge is 0.361 e. The highest BCUT2D eigenvalue weighted by Crippen LogP contribution is 2.26. The van der Waals surface area contributed by atoms with Gasteiger partial charge in [0.05, 0.1) is 0 Å². The van der Waals surface area contributed by atoms with Gasteiger partial charge in [-0.1, -0.05) is 36.4 Å². The van der Waals surface area contributed by atoms with Crippen LogP contribution in [0.4, 0.5) is 0 Å². The van der Waals surface area contributed by atoms with E-state index in [1.54, 1.807) is 0 Å². The molecule has 0 aliphatic heterocycles. The molecular weight excluding hydrogens is 232 g/mol. The summed E-state index contributed by atoms with van der Waals surface area (Å²) in [6.07, 6.45) is 3.17. The molecule has 19 heavy (non-hydrogen) atoms. The molecule has 1 aromatic heterocycles. The molecule has 1 heterocycles. The molecule has 2 N–H and O–H groups in total. The summed E-state index contributed by atoms with van der Waals surface area (Å²) in [5.74, 6) is 0. The van der Waals surface area contributed by atoms with Gasteiger partial charge in [-0.2, -0.15) is 0 Å². The zero-order chi connectivity index (χ0) is 13.1. The lowest BCUT2D eigenvalue weighted by Gasteiger charge is -2.03. The van der Waals surface area contributed by atoms with Crippen LogP contribution in [0.15, 0.2) is 54.7 Å². The fourth-order valence-corrected chi connectivity index (χ4v) is 2.46. The maximum atomic E-state index is 3.35. The highest BCUT2D eigenvalue weighted by Gasteiger charge is 2.05. The molecule has 0 fully saturated rings. The van der Waals surface area contributed by atoms with Gasteiger partial charge < -0.3 is 10.3 Å². The number of aromatic amines is 1. The number of hydrogen-bond donors (Lipinski definition) is 2. The molecule has 0 aliphatic rings. The van der Waals surface area contributed by atoms with E-state index < -0.39 is 0 Å². The summed E-state index contributed by atoms with van der Waals surface area (Å²) >= 11 is 0. The number of H-pyrrole nitrogens is 1. The van der Waals surface area contributed by atoms with Crippen molar-refractivity contribution in [2.45, 2.75) is 6.42 Å². The van der Waals surface area contributed by atoms with Crippen LogP contribution in [0.1, 0.15) is 5.56 Å². The minimum Gasteiger partial charge on any atom is -0.361 e. The summed E-state index contributed by atoms with van der Waals surface area (Å²) in [6.45, 7) is 1.00. The average molecular weight is 250 g/mol. The molecule has 0 radical (unpaired) electrons. The Bertz CT molecular complexity index is 668. The smallest absolute Gasteiger partial charge is 0.0457 e. The van der Waals surface area contributed by atoms with E-state index in [0.29, 0.717) is 0 Å². The van der Waals surface area contributed by atoms with E-state index in [2.05, 4.69) is 65.0 Å². The van der Waals surface area contributed by atoms with Crippen molar-refractivity contribution in [3.05, 3.63) is 60.3 Å². The Labute approximate surface area is 113 Å². The van der Waals surface area contributed by atoms with Crippen molar-refractivity contribution in [3.63, 3.8) is 0 Å². The van der Waals surface area contributed by atoms with Gasteiger partial charge in [0, 0.05) is 17.1 Å². The van der Waals surface area contributed by atoms with Gasteiger partial charge >= 0.3 is 0 Å². The molecule has 96 valence electrons. The van der Waals surface area contributed by atoms with Gasteiger partial charge in [-0.3, -0.25) is 0 Å². The lowest BCUT2D eigenvalue weighted by molar-refractivity contribution is 0.795. The van der Waals surface area contributed by atoms with Crippen LogP contribution in [-0.4, -0.2) is 18.6 Å². The molecule has 0 bridgehead atoms. The lowest BCUT2D eigenvalue weighted by Crippen LogP contribution is -2.09. The van der Waals surface area contributed by atoms with Crippen molar-refractivity contribution in [2.75, 3.05) is 13.6 Å². The number of nitrogens with one attached hydrogen (secondary N) is 2. The number of aromatic nitrogens is 1. The van der Waals surface area contributed by atoms with Gasteiger partial charge in [-0.25, -0.2) is 0 Å². The third-order valence-corrected chi connectivity index (χ3v) is 3.52. The molecule has 2 nitrogen and oxygen atoms in total. The number of fused-ring (bicyclic) bond motifs is 1. The van der Waals surface area contributed by atoms with Crippen LogP contribution < -0.4 is 5.32 Å². The van der Waals surface area contributed by atoms with Crippen molar-refractivity contribution >= 4 is 10.9 Å². The fraction of sp³-hybridized carbons (Fsp3) is 0.176. The van der Waals surface area contributed by atoms with E-state index in [4.69, 9.17) is 0 Å². The normalized spacial score (nSPS) is 11.0. The van der Waals surface area contributed by atoms with Crippen LogP contribution in [0.25, 0.3) is 22.0 Å². The van der Waals surface area contributed by atoms with Gasteiger partial charge in [-0.05, 0) is 48.8 Å². The first-order valence-corrected chi connectivity index (χ1v) is 6.68. The molecule has 2 aromatic carbocycles. The summed E-state index contributed by atoms with van der Waals surface area (Å²) in [7, 11) is 1.99. The van der Waals surface area contributed by atoms with E-state index in [1.807, 2.05) is 7.05 Å². The number of rotatable bonds is 4. The standard InChI is InChI=1S/C17H18N2/c1-18-10-9-15-12-19-17-8-7-14(11-16(15)17)13-5-3-2-4-6-13/h2-8,11-12,18-19H,9-10H2,1H3. The van der Waals surface area contributed by atoms with Crippen LogP contribution in [0, 0.1) is 0 Å². The third-order valence-electron chi connectivity index (χ3n) is 3.52.